The van der Waals surface area contributed by atoms with Crippen LogP contribution in [0.2, 0.25) is 0 Å². The molecule has 0 saturated heterocycles. The first-order valence-electron chi connectivity index (χ1n) is 15.2. The number of nitriles is 1. The van der Waals surface area contributed by atoms with E-state index in [-0.39, 0.29) is 0 Å². The summed E-state index contributed by atoms with van der Waals surface area (Å²) in [6.07, 6.45) is 3.75. The van der Waals surface area contributed by atoms with Gasteiger partial charge < -0.3 is 9.13 Å². The topological polar surface area (TPSA) is 59.4 Å². The van der Waals surface area contributed by atoms with Crippen LogP contribution in [0.5, 0.6) is 0 Å². The van der Waals surface area contributed by atoms with Crippen LogP contribution in [-0.4, -0.2) is 19.1 Å². The van der Waals surface area contributed by atoms with Gasteiger partial charge in [-0.1, -0.05) is 78.9 Å². The molecular formula is C41H25N5. The number of hydrogen-bond acceptors (Lipinski definition) is 3. The van der Waals surface area contributed by atoms with Gasteiger partial charge in [0.1, 0.15) is 0 Å². The molecule has 0 fully saturated rings. The summed E-state index contributed by atoms with van der Waals surface area (Å²) in [5.74, 6) is 0. The molecular weight excluding hydrogens is 562 g/mol. The minimum atomic E-state index is 0.597. The van der Waals surface area contributed by atoms with Gasteiger partial charge in [-0.15, -0.1) is 0 Å². The Kier molecular flexibility index (Phi) is 5.81. The normalized spacial score (nSPS) is 11.5. The summed E-state index contributed by atoms with van der Waals surface area (Å²) in [6.45, 7) is 0. The maximum Gasteiger partial charge on any atom is 0.0992 e. The molecule has 0 aliphatic carbocycles. The molecule has 0 saturated carbocycles. The lowest BCUT2D eigenvalue weighted by atomic mass is 10.0. The number of para-hydroxylation sites is 4. The predicted molar refractivity (Wildman–Crippen MR) is 186 cm³/mol. The van der Waals surface area contributed by atoms with E-state index in [4.69, 9.17) is 4.98 Å². The van der Waals surface area contributed by atoms with Crippen LogP contribution in [0.3, 0.4) is 0 Å². The van der Waals surface area contributed by atoms with Gasteiger partial charge in [0.25, 0.3) is 0 Å². The van der Waals surface area contributed by atoms with Crippen molar-refractivity contribution in [2.45, 2.75) is 0 Å². The molecule has 5 aromatic carbocycles. The molecule has 0 unspecified atom stereocenters. The third-order valence-corrected chi connectivity index (χ3v) is 8.87. The van der Waals surface area contributed by atoms with Crippen molar-refractivity contribution >= 4 is 43.6 Å². The second-order valence-corrected chi connectivity index (χ2v) is 11.4. The van der Waals surface area contributed by atoms with Crippen LogP contribution in [0.1, 0.15) is 5.56 Å². The fourth-order valence-corrected chi connectivity index (χ4v) is 6.88. The van der Waals surface area contributed by atoms with Crippen LogP contribution in [0.15, 0.2) is 152 Å². The molecule has 46 heavy (non-hydrogen) atoms. The van der Waals surface area contributed by atoms with Crippen LogP contribution < -0.4 is 0 Å². The van der Waals surface area contributed by atoms with Crippen molar-refractivity contribution in [3.05, 3.63) is 157 Å². The number of benzene rings is 5. The lowest BCUT2D eigenvalue weighted by Crippen LogP contribution is -2.01. The van der Waals surface area contributed by atoms with Crippen LogP contribution in [0, 0.1) is 11.3 Å². The standard InChI is InChI=1S/C41H25N5/c42-25-27-20-21-32(40(24-27)45-36-16-5-1-10-28(36)29-11-2-6-17-37(29)45)34-14-9-15-35(44-34)33-22-23-43-26-41(33)46-38-18-7-3-12-30(38)31-13-4-8-19-39(31)46/h1-24,26H. The highest BCUT2D eigenvalue weighted by atomic mass is 15.0. The predicted octanol–water partition coefficient (Wildman–Crippen LogP) is 9.88. The van der Waals surface area contributed by atoms with Crippen molar-refractivity contribution < 1.29 is 0 Å². The molecule has 0 aliphatic rings. The van der Waals surface area contributed by atoms with Crippen LogP contribution in [0.25, 0.3) is 77.5 Å². The van der Waals surface area contributed by atoms with Gasteiger partial charge in [0.05, 0.1) is 62.7 Å². The molecule has 0 spiro atoms. The van der Waals surface area contributed by atoms with Crippen molar-refractivity contribution in [1.29, 1.82) is 5.26 Å². The Balaban J connectivity index is 1.27. The molecule has 4 aromatic heterocycles. The molecule has 5 nitrogen and oxygen atoms in total. The highest BCUT2D eigenvalue weighted by molar-refractivity contribution is 6.10. The summed E-state index contributed by atoms with van der Waals surface area (Å²) >= 11 is 0. The minimum Gasteiger partial charge on any atom is -0.309 e. The summed E-state index contributed by atoms with van der Waals surface area (Å²) in [7, 11) is 0. The summed E-state index contributed by atoms with van der Waals surface area (Å²) in [6, 6.07) is 50.2. The van der Waals surface area contributed by atoms with Crippen molar-refractivity contribution in [3.63, 3.8) is 0 Å². The molecule has 0 amide bonds. The summed E-state index contributed by atoms with van der Waals surface area (Å²) in [4.78, 5) is 9.86. The molecule has 5 heteroatoms. The van der Waals surface area contributed by atoms with Gasteiger partial charge in [0, 0.05) is 38.9 Å². The molecule has 9 aromatic rings. The first-order valence-corrected chi connectivity index (χ1v) is 15.2. The maximum absolute atomic E-state index is 9.93. The molecule has 0 atom stereocenters. The number of fused-ring (bicyclic) bond motifs is 6. The Labute approximate surface area is 264 Å². The van der Waals surface area contributed by atoms with E-state index in [1.165, 1.54) is 21.5 Å². The van der Waals surface area contributed by atoms with E-state index in [0.717, 1.165) is 56.0 Å². The number of rotatable bonds is 4. The Morgan fingerprint density at radius 3 is 1.48 bits per heavy atom. The monoisotopic (exact) mass is 587 g/mol. The SMILES string of the molecule is N#Cc1ccc(-c2cccc(-c3ccncc3-n3c4ccccc4c4ccccc43)n2)c(-n2c3ccccc3c3ccccc32)c1. The number of nitrogens with zero attached hydrogens (tertiary/aromatic N) is 5. The lowest BCUT2D eigenvalue weighted by molar-refractivity contribution is 1.13. The average molecular weight is 588 g/mol. The number of hydrogen-bond donors (Lipinski definition) is 0. The van der Waals surface area contributed by atoms with Gasteiger partial charge in [-0.05, 0) is 60.7 Å². The van der Waals surface area contributed by atoms with E-state index < -0.39 is 0 Å². The zero-order valence-electron chi connectivity index (χ0n) is 24.7. The van der Waals surface area contributed by atoms with E-state index in [1.807, 2.05) is 42.7 Å². The van der Waals surface area contributed by atoms with Crippen molar-refractivity contribution in [3.8, 4) is 40.0 Å². The highest BCUT2D eigenvalue weighted by Crippen LogP contribution is 2.38. The Morgan fingerprint density at radius 1 is 0.478 bits per heavy atom. The largest absolute Gasteiger partial charge is 0.309 e. The van der Waals surface area contributed by atoms with Gasteiger partial charge in [-0.25, -0.2) is 4.98 Å². The van der Waals surface area contributed by atoms with Crippen molar-refractivity contribution in [2.75, 3.05) is 0 Å². The molecule has 0 bridgehead atoms. The third kappa shape index (κ3) is 3.88. The van der Waals surface area contributed by atoms with Gasteiger partial charge in [0.15, 0.2) is 0 Å². The van der Waals surface area contributed by atoms with Crippen LogP contribution >= 0.6 is 0 Å². The molecule has 4 heterocycles. The Hall–Kier alpha value is -6.51. The van der Waals surface area contributed by atoms with Crippen molar-refractivity contribution in [1.82, 2.24) is 19.1 Å². The number of aromatic nitrogens is 4. The Bertz CT molecular complexity index is 2560. The molecule has 0 N–H and O–H groups in total. The molecule has 0 radical (unpaired) electrons. The van der Waals surface area contributed by atoms with Crippen LogP contribution in [0.4, 0.5) is 0 Å². The first-order chi connectivity index (χ1) is 22.8. The smallest absolute Gasteiger partial charge is 0.0992 e. The van der Waals surface area contributed by atoms with E-state index >= 15 is 0 Å². The second kappa shape index (κ2) is 10.3. The van der Waals surface area contributed by atoms with Gasteiger partial charge in [-0.3, -0.25) is 4.98 Å². The third-order valence-electron chi connectivity index (χ3n) is 8.87. The maximum atomic E-state index is 9.93. The minimum absolute atomic E-state index is 0.597. The fraction of sp³-hybridized carbons (Fsp3) is 0. The first kappa shape index (κ1) is 25.9. The molecule has 0 aliphatic heterocycles. The summed E-state index contributed by atoms with van der Waals surface area (Å²) < 4.78 is 4.54. The average Bonchev–Trinajstić information content (AvgIpc) is 3.64. The van der Waals surface area contributed by atoms with Gasteiger partial charge in [0.2, 0.25) is 0 Å². The van der Waals surface area contributed by atoms with E-state index in [0.29, 0.717) is 5.56 Å². The summed E-state index contributed by atoms with van der Waals surface area (Å²) in [5.41, 5.74) is 10.5. The zero-order chi connectivity index (χ0) is 30.6. The molecule has 9 rings (SSSR count). The quantitative estimate of drug-likeness (QED) is 0.206. The van der Waals surface area contributed by atoms with E-state index in [1.54, 1.807) is 0 Å². The van der Waals surface area contributed by atoms with Crippen LogP contribution in [-0.2, 0) is 0 Å². The fourth-order valence-electron chi connectivity index (χ4n) is 6.88. The second-order valence-electron chi connectivity index (χ2n) is 11.4. The Morgan fingerprint density at radius 2 is 0.957 bits per heavy atom. The lowest BCUT2D eigenvalue weighted by Gasteiger charge is -2.16. The number of pyridine rings is 2. The van der Waals surface area contributed by atoms with Crippen molar-refractivity contribution in [2.24, 2.45) is 0 Å². The molecule has 214 valence electrons. The van der Waals surface area contributed by atoms with Gasteiger partial charge >= 0.3 is 0 Å². The summed E-state index contributed by atoms with van der Waals surface area (Å²) in [5, 5.41) is 14.7. The van der Waals surface area contributed by atoms with E-state index in [2.05, 4.69) is 129 Å². The van der Waals surface area contributed by atoms with Gasteiger partial charge in [-0.2, -0.15) is 5.26 Å². The highest BCUT2D eigenvalue weighted by Gasteiger charge is 2.19. The zero-order valence-corrected chi connectivity index (χ0v) is 24.7. The van der Waals surface area contributed by atoms with E-state index in [9.17, 15) is 5.26 Å².